The number of aryl methyl sites for hydroxylation is 1. The van der Waals surface area contributed by atoms with Crippen molar-refractivity contribution in [2.45, 2.75) is 44.9 Å². The molecule has 2 aromatic heterocycles. The van der Waals surface area contributed by atoms with E-state index in [0.717, 1.165) is 28.9 Å². The molecule has 3 unspecified atom stereocenters. The number of nitrogens with zero attached hydrogens (tertiary/aromatic N) is 2. The molecule has 1 saturated carbocycles. The van der Waals surface area contributed by atoms with Crippen LogP contribution in [0.2, 0.25) is 0 Å². The van der Waals surface area contributed by atoms with Crippen LogP contribution in [0.5, 0.6) is 0 Å². The van der Waals surface area contributed by atoms with Gasteiger partial charge in [-0.05, 0) is 25.8 Å². The van der Waals surface area contributed by atoms with Gasteiger partial charge < -0.3 is 15.8 Å². The van der Waals surface area contributed by atoms with Crippen molar-refractivity contribution in [3.63, 3.8) is 0 Å². The molecule has 3 N–H and O–H groups in total. The Labute approximate surface area is 122 Å². The number of ether oxygens (including phenoxy) is 1. The van der Waals surface area contributed by atoms with Gasteiger partial charge in [-0.15, -0.1) is 11.3 Å². The molecule has 1 aliphatic carbocycles. The van der Waals surface area contributed by atoms with Gasteiger partial charge in [0.2, 0.25) is 0 Å². The number of nitrogens with two attached hydrogens (primary N) is 1. The van der Waals surface area contributed by atoms with Crippen molar-refractivity contribution in [2.75, 3.05) is 11.9 Å². The van der Waals surface area contributed by atoms with Crippen LogP contribution in [0.4, 0.5) is 5.82 Å². The highest BCUT2D eigenvalue weighted by Gasteiger charge is 2.39. The molecule has 0 spiro atoms. The van der Waals surface area contributed by atoms with Gasteiger partial charge in [0.1, 0.15) is 17.0 Å². The van der Waals surface area contributed by atoms with Crippen molar-refractivity contribution in [2.24, 2.45) is 5.73 Å². The van der Waals surface area contributed by atoms with Crippen LogP contribution in [0, 0.1) is 0 Å². The molecule has 1 aliphatic rings. The number of hydrogen-bond acceptors (Lipinski definition) is 6. The Hall–Kier alpha value is -1.24. The van der Waals surface area contributed by atoms with Crippen molar-refractivity contribution in [3.8, 4) is 0 Å². The molecule has 0 amide bonds. The molecule has 2 aromatic rings. The van der Waals surface area contributed by atoms with Gasteiger partial charge in [0.15, 0.2) is 0 Å². The molecule has 0 aliphatic heterocycles. The summed E-state index contributed by atoms with van der Waals surface area (Å²) in [5, 5.41) is 4.54. The summed E-state index contributed by atoms with van der Waals surface area (Å²) in [7, 11) is 0. The van der Waals surface area contributed by atoms with Crippen LogP contribution in [0.1, 0.15) is 25.1 Å². The minimum absolute atomic E-state index is 0.126. The second-order valence-electron chi connectivity index (χ2n) is 5.07. The number of thiophene rings is 1. The first-order valence-electron chi connectivity index (χ1n) is 7.10. The van der Waals surface area contributed by atoms with Crippen LogP contribution in [-0.4, -0.2) is 34.8 Å². The zero-order chi connectivity index (χ0) is 14.1. The third kappa shape index (κ3) is 2.39. The van der Waals surface area contributed by atoms with Crippen molar-refractivity contribution in [3.05, 3.63) is 17.3 Å². The van der Waals surface area contributed by atoms with Crippen LogP contribution < -0.4 is 11.1 Å². The molecule has 0 radical (unpaired) electrons. The van der Waals surface area contributed by atoms with Gasteiger partial charge >= 0.3 is 0 Å². The summed E-state index contributed by atoms with van der Waals surface area (Å²) in [6.45, 7) is 4.88. The van der Waals surface area contributed by atoms with E-state index in [9.17, 15) is 0 Å². The zero-order valence-corrected chi connectivity index (χ0v) is 12.6. The fourth-order valence-corrected chi connectivity index (χ4v) is 3.51. The van der Waals surface area contributed by atoms with E-state index in [-0.39, 0.29) is 18.2 Å². The normalized spacial score (nSPS) is 25.6. The Morgan fingerprint density at radius 1 is 1.45 bits per heavy atom. The summed E-state index contributed by atoms with van der Waals surface area (Å²) in [5.74, 6) is 0.871. The summed E-state index contributed by atoms with van der Waals surface area (Å²) in [4.78, 5) is 11.1. The Bertz CT molecular complexity index is 598. The second kappa shape index (κ2) is 5.63. The van der Waals surface area contributed by atoms with Crippen molar-refractivity contribution in [1.29, 1.82) is 0 Å². The van der Waals surface area contributed by atoms with Crippen molar-refractivity contribution in [1.82, 2.24) is 9.97 Å². The third-order valence-electron chi connectivity index (χ3n) is 3.78. The number of aromatic nitrogens is 2. The van der Waals surface area contributed by atoms with Crippen LogP contribution in [0.3, 0.4) is 0 Å². The van der Waals surface area contributed by atoms with Gasteiger partial charge in [0.25, 0.3) is 0 Å². The monoisotopic (exact) mass is 292 g/mol. The Morgan fingerprint density at radius 2 is 2.30 bits per heavy atom. The Morgan fingerprint density at radius 3 is 3.00 bits per heavy atom. The molecule has 2 heterocycles. The fourth-order valence-electron chi connectivity index (χ4n) is 2.58. The molecule has 0 saturated heterocycles. The SMILES string of the molecule is CCOC1CC(N)C1Nc1ncnc2sc(CC)cc12. The molecule has 3 rings (SSSR count). The highest BCUT2D eigenvalue weighted by atomic mass is 32.1. The molecule has 108 valence electrons. The first-order valence-corrected chi connectivity index (χ1v) is 7.91. The van der Waals surface area contributed by atoms with E-state index >= 15 is 0 Å². The van der Waals surface area contributed by atoms with E-state index in [0.29, 0.717) is 6.61 Å². The third-order valence-corrected chi connectivity index (χ3v) is 4.97. The first-order chi connectivity index (χ1) is 9.72. The lowest BCUT2D eigenvalue weighted by molar-refractivity contribution is -0.0126. The van der Waals surface area contributed by atoms with Crippen molar-refractivity contribution < 1.29 is 4.74 Å². The minimum atomic E-state index is 0.126. The molecule has 6 heteroatoms. The predicted molar refractivity (Wildman–Crippen MR) is 82.2 cm³/mol. The Kier molecular flexibility index (Phi) is 3.87. The molecule has 0 bridgehead atoms. The average Bonchev–Trinajstić information content (AvgIpc) is 2.88. The van der Waals surface area contributed by atoms with Crippen molar-refractivity contribution >= 4 is 27.4 Å². The molecular formula is C14H20N4OS. The summed E-state index contributed by atoms with van der Waals surface area (Å²) in [5.41, 5.74) is 6.08. The van der Waals surface area contributed by atoms with Crippen LogP contribution in [0.15, 0.2) is 12.4 Å². The molecular weight excluding hydrogens is 272 g/mol. The summed E-state index contributed by atoms with van der Waals surface area (Å²) in [6, 6.07) is 2.43. The number of nitrogens with one attached hydrogen (secondary N) is 1. The van der Waals surface area contributed by atoms with Gasteiger partial charge in [0, 0.05) is 17.5 Å². The lowest BCUT2D eigenvalue weighted by Crippen LogP contribution is -2.60. The maximum absolute atomic E-state index is 6.08. The fraction of sp³-hybridized carbons (Fsp3) is 0.571. The lowest BCUT2D eigenvalue weighted by atomic mass is 9.83. The molecule has 1 fully saturated rings. The zero-order valence-electron chi connectivity index (χ0n) is 11.8. The van der Waals surface area contributed by atoms with Crippen LogP contribution >= 0.6 is 11.3 Å². The van der Waals surface area contributed by atoms with E-state index in [2.05, 4.69) is 28.3 Å². The number of rotatable bonds is 5. The number of anilines is 1. The molecule has 20 heavy (non-hydrogen) atoms. The standard InChI is InChI=1S/C14H20N4OS/c1-3-8-5-9-13(16-7-17-14(9)20-8)18-12-10(15)6-11(12)19-4-2/h5,7,10-12H,3-4,6,15H2,1-2H3,(H,16,17,18). The molecule has 3 atom stereocenters. The highest BCUT2D eigenvalue weighted by Crippen LogP contribution is 2.31. The lowest BCUT2D eigenvalue weighted by Gasteiger charge is -2.42. The summed E-state index contributed by atoms with van der Waals surface area (Å²) < 4.78 is 5.69. The average molecular weight is 292 g/mol. The van der Waals surface area contributed by atoms with Crippen LogP contribution in [0.25, 0.3) is 10.2 Å². The smallest absolute Gasteiger partial charge is 0.138 e. The minimum Gasteiger partial charge on any atom is -0.376 e. The molecule has 0 aromatic carbocycles. The van der Waals surface area contributed by atoms with Gasteiger partial charge in [0.05, 0.1) is 17.5 Å². The largest absolute Gasteiger partial charge is 0.376 e. The Balaban J connectivity index is 1.85. The maximum atomic E-state index is 6.08. The first kappa shape index (κ1) is 13.7. The van der Waals surface area contributed by atoms with Gasteiger partial charge in [-0.1, -0.05) is 6.92 Å². The number of hydrogen-bond donors (Lipinski definition) is 2. The van der Waals surface area contributed by atoms with Gasteiger partial charge in [-0.3, -0.25) is 0 Å². The van der Waals surface area contributed by atoms with E-state index < -0.39 is 0 Å². The topological polar surface area (TPSA) is 73.1 Å². The quantitative estimate of drug-likeness (QED) is 0.883. The predicted octanol–water partition coefficient (Wildman–Crippen LogP) is 2.17. The molecule has 5 nitrogen and oxygen atoms in total. The van der Waals surface area contributed by atoms with E-state index in [4.69, 9.17) is 10.5 Å². The van der Waals surface area contributed by atoms with E-state index in [1.807, 2.05) is 6.92 Å². The number of fused-ring (bicyclic) bond motifs is 1. The summed E-state index contributed by atoms with van der Waals surface area (Å²) in [6.07, 6.45) is 3.72. The van der Waals surface area contributed by atoms with Crippen LogP contribution in [-0.2, 0) is 11.2 Å². The van der Waals surface area contributed by atoms with E-state index in [1.165, 1.54) is 4.88 Å². The van der Waals surface area contributed by atoms with Gasteiger partial charge in [-0.25, -0.2) is 9.97 Å². The second-order valence-corrected chi connectivity index (χ2v) is 6.19. The van der Waals surface area contributed by atoms with E-state index in [1.54, 1.807) is 17.7 Å². The van der Waals surface area contributed by atoms with Gasteiger partial charge in [-0.2, -0.15) is 0 Å². The highest BCUT2D eigenvalue weighted by molar-refractivity contribution is 7.18. The maximum Gasteiger partial charge on any atom is 0.138 e. The summed E-state index contributed by atoms with van der Waals surface area (Å²) >= 11 is 1.72.